The van der Waals surface area contributed by atoms with Crippen LogP contribution in [0.1, 0.15) is 43.6 Å². The van der Waals surface area contributed by atoms with E-state index in [0.717, 1.165) is 5.69 Å². The Morgan fingerprint density at radius 1 is 0.408 bits per heavy atom. The summed E-state index contributed by atoms with van der Waals surface area (Å²) in [6, 6.07) is 62.8. The molecule has 1 aliphatic carbocycles. The van der Waals surface area contributed by atoms with Crippen LogP contribution in [0.15, 0.2) is 170 Å². The molecule has 0 amide bonds. The summed E-state index contributed by atoms with van der Waals surface area (Å²) in [7, 11) is 0. The van der Waals surface area contributed by atoms with Gasteiger partial charge in [-0.05, 0) is 98.3 Å². The lowest BCUT2D eigenvalue weighted by molar-refractivity contribution is 0.445. The fraction of sp³-hybridized carbons (Fsp3) is 0.125. The molecule has 1 saturated carbocycles. The largest absolute Gasteiger partial charge is 0.309 e. The zero-order valence-corrected chi connectivity index (χ0v) is 27.7. The van der Waals surface area contributed by atoms with Crippen molar-refractivity contribution in [1.29, 1.82) is 0 Å². The first-order valence-electron chi connectivity index (χ1n) is 17.8. The van der Waals surface area contributed by atoms with Gasteiger partial charge in [0.25, 0.3) is 0 Å². The van der Waals surface area contributed by atoms with Crippen LogP contribution in [0.2, 0.25) is 0 Å². The highest BCUT2D eigenvalue weighted by atomic mass is 15.1. The van der Waals surface area contributed by atoms with Crippen molar-refractivity contribution >= 4 is 49.4 Å². The molecule has 8 aromatic carbocycles. The summed E-state index contributed by atoms with van der Waals surface area (Å²) in [5.41, 5.74) is 10.0. The summed E-state index contributed by atoms with van der Waals surface area (Å²) in [4.78, 5) is 2.48. The van der Waals surface area contributed by atoms with Crippen molar-refractivity contribution in [2.24, 2.45) is 0 Å². The molecule has 0 atom stereocenters. The Morgan fingerprint density at radius 3 is 1.88 bits per heavy atom. The van der Waals surface area contributed by atoms with E-state index in [-0.39, 0.29) is 0 Å². The van der Waals surface area contributed by atoms with Crippen LogP contribution >= 0.6 is 0 Å². The third kappa shape index (κ3) is 5.46. The standard InChI is InChI=1S/C48H39N/c1-2-14-37(15-3-1)43-23-10-19-38-20-11-24-45(48(38)43)44-22-8-9-25-47(44)49(46-26-12-18-36-16-6-7-21-42(36)46)41-31-29-35(30-32-41)40-28-27-34-13-4-5-17-39(34)33-40/h4-13,16-33,37H,1-3,14-15H2. The van der Waals surface area contributed by atoms with Gasteiger partial charge >= 0.3 is 0 Å². The molecule has 0 bridgehead atoms. The van der Waals surface area contributed by atoms with Crippen LogP contribution in [-0.2, 0) is 0 Å². The van der Waals surface area contributed by atoms with E-state index in [1.807, 2.05) is 0 Å². The van der Waals surface area contributed by atoms with Crippen LogP contribution in [0.3, 0.4) is 0 Å². The van der Waals surface area contributed by atoms with Crippen LogP contribution in [0.25, 0.3) is 54.6 Å². The molecule has 0 saturated heterocycles. The minimum absolute atomic E-state index is 0.614. The van der Waals surface area contributed by atoms with Gasteiger partial charge in [-0.25, -0.2) is 0 Å². The van der Waals surface area contributed by atoms with E-state index >= 15 is 0 Å². The molecule has 49 heavy (non-hydrogen) atoms. The number of anilines is 3. The van der Waals surface area contributed by atoms with E-state index in [1.54, 1.807) is 0 Å². The summed E-state index contributed by atoms with van der Waals surface area (Å²) in [5, 5.41) is 7.74. The summed E-state index contributed by atoms with van der Waals surface area (Å²) in [6.45, 7) is 0. The first-order valence-corrected chi connectivity index (χ1v) is 17.8. The van der Waals surface area contributed by atoms with Crippen molar-refractivity contribution < 1.29 is 0 Å². The molecule has 0 heterocycles. The molecule has 9 rings (SSSR count). The highest BCUT2D eigenvalue weighted by Gasteiger charge is 2.23. The number of fused-ring (bicyclic) bond motifs is 3. The average molecular weight is 630 g/mol. The first-order chi connectivity index (χ1) is 24.3. The molecule has 0 aliphatic heterocycles. The molecule has 0 unspecified atom stereocenters. The predicted molar refractivity (Wildman–Crippen MR) is 210 cm³/mol. The second-order valence-electron chi connectivity index (χ2n) is 13.5. The van der Waals surface area contributed by atoms with Gasteiger partial charge < -0.3 is 4.90 Å². The molecule has 236 valence electrons. The molecule has 1 fully saturated rings. The SMILES string of the molecule is c1ccc(N(c2ccc(-c3ccc4ccccc4c3)cc2)c2cccc3ccccc23)c(-c2cccc3cccc(C4CCCCC4)c23)c1. The first kappa shape index (κ1) is 29.5. The molecule has 8 aromatic rings. The van der Waals surface area contributed by atoms with Gasteiger partial charge in [-0.1, -0.05) is 159 Å². The maximum Gasteiger partial charge on any atom is 0.0540 e. The monoisotopic (exact) mass is 629 g/mol. The van der Waals surface area contributed by atoms with Crippen LogP contribution in [0, 0.1) is 0 Å². The predicted octanol–water partition coefficient (Wildman–Crippen LogP) is 14.0. The Kier molecular flexibility index (Phi) is 7.67. The van der Waals surface area contributed by atoms with Gasteiger partial charge in [-0.2, -0.15) is 0 Å². The van der Waals surface area contributed by atoms with Crippen molar-refractivity contribution in [2.75, 3.05) is 4.90 Å². The topological polar surface area (TPSA) is 3.24 Å². The summed E-state index contributed by atoms with van der Waals surface area (Å²) in [5.74, 6) is 0.614. The number of rotatable bonds is 6. The Balaban J connectivity index is 1.24. The van der Waals surface area contributed by atoms with Crippen molar-refractivity contribution in [3.63, 3.8) is 0 Å². The lowest BCUT2D eigenvalue weighted by Crippen LogP contribution is -2.12. The molecule has 0 aromatic heterocycles. The normalized spacial score (nSPS) is 13.6. The van der Waals surface area contributed by atoms with Crippen molar-refractivity contribution in [2.45, 2.75) is 38.0 Å². The van der Waals surface area contributed by atoms with E-state index in [0.29, 0.717) is 5.92 Å². The molecular weight excluding hydrogens is 591 g/mol. The smallest absolute Gasteiger partial charge is 0.0540 e. The minimum Gasteiger partial charge on any atom is -0.309 e. The van der Waals surface area contributed by atoms with Gasteiger partial charge in [0.2, 0.25) is 0 Å². The van der Waals surface area contributed by atoms with E-state index in [4.69, 9.17) is 0 Å². The van der Waals surface area contributed by atoms with Gasteiger partial charge in [0.1, 0.15) is 0 Å². The van der Waals surface area contributed by atoms with Gasteiger partial charge in [0.05, 0.1) is 11.4 Å². The second kappa shape index (κ2) is 12.7. The fourth-order valence-corrected chi connectivity index (χ4v) is 8.23. The van der Waals surface area contributed by atoms with Gasteiger partial charge in [-0.3, -0.25) is 0 Å². The second-order valence-corrected chi connectivity index (χ2v) is 13.5. The highest BCUT2D eigenvalue weighted by Crippen LogP contribution is 2.47. The highest BCUT2D eigenvalue weighted by molar-refractivity contribution is 6.06. The Morgan fingerprint density at radius 2 is 1.02 bits per heavy atom. The lowest BCUT2D eigenvalue weighted by Gasteiger charge is -2.30. The van der Waals surface area contributed by atoms with Crippen LogP contribution < -0.4 is 4.90 Å². The molecule has 1 nitrogen and oxygen atoms in total. The summed E-state index contributed by atoms with van der Waals surface area (Å²) < 4.78 is 0. The van der Waals surface area contributed by atoms with E-state index in [2.05, 4.69) is 175 Å². The van der Waals surface area contributed by atoms with Gasteiger partial charge in [-0.15, -0.1) is 0 Å². The maximum absolute atomic E-state index is 2.48. The minimum atomic E-state index is 0.614. The lowest BCUT2D eigenvalue weighted by atomic mass is 9.80. The third-order valence-electron chi connectivity index (χ3n) is 10.6. The number of para-hydroxylation sites is 1. The average Bonchev–Trinajstić information content (AvgIpc) is 3.18. The Hall–Kier alpha value is -5.66. The van der Waals surface area contributed by atoms with E-state index in [9.17, 15) is 0 Å². The zero-order chi connectivity index (χ0) is 32.6. The van der Waals surface area contributed by atoms with Crippen LogP contribution in [0.4, 0.5) is 17.1 Å². The van der Waals surface area contributed by atoms with E-state index in [1.165, 1.54) is 104 Å². The molecule has 1 aliphatic rings. The molecule has 0 spiro atoms. The zero-order valence-electron chi connectivity index (χ0n) is 27.7. The van der Waals surface area contributed by atoms with Gasteiger partial charge in [0, 0.05) is 16.6 Å². The molecule has 0 N–H and O–H groups in total. The Bertz CT molecular complexity index is 2420. The summed E-state index contributed by atoms with van der Waals surface area (Å²) in [6.07, 6.45) is 6.56. The molecule has 1 heteroatoms. The number of nitrogens with zero attached hydrogens (tertiary/aromatic N) is 1. The van der Waals surface area contributed by atoms with E-state index < -0.39 is 0 Å². The van der Waals surface area contributed by atoms with Crippen molar-refractivity contribution in [3.05, 3.63) is 175 Å². The number of hydrogen-bond donors (Lipinski definition) is 0. The molecular formula is C48H39N. The Labute approximate surface area is 289 Å². The third-order valence-corrected chi connectivity index (χ3v) is 10.6. The quantitative estimate of drug-likeness (QED) is 0.177. The molecule has 0 radical (unpaired) electrons. The fourth-order valence-electron chi connectivity index (χ4n) is 8.23. The van der Waals surface area contributed by atoms with Gasteiger partial charge in [0.15, 0.2) is 0 Å². The van der Waals surface area contributed by atoms with Crippen molar-refractivity contribution in [3.8, 4) is 22.3 Å². The maximum atomic E-state index is 2.48. The van der Waals surface area contributed by atoms with Crippen molar-refractivity contribution in [1.82, 2.24) is 0 Å². The number of benzene rings is 8. The van der Waals surface area contributed by atoms with Crippen LogP contribution in [-0.4, -0.2) is 0 Å². The number of hydrogen-bond acceptors (Lipinski definition) is 1. The summed E-state index contributed by atoms with van der Waals surface area (Å²) >= 11 is 0. The van der Waals surface area contributed by atoms with Crippen LogP contribution in [0.5, 0.6) is 0 Å².